The van der Waals surface area contributed by atoms with Gasteiger partial charge in [-0.15, -0.1) is 53.6 Å². The van der Waals surface area contributed by atoms with E-state index in [1.807, 2.05) is 48.8 Å². The first-order valence-corrected chi connectivity index (χ1v) is 18.6. The smallest absolute Gasteiger partial charge is 0.131 e. The van der Waals surface area contributed by atoms with Crippen LogP contribution in [0.3, 0.4) is 0 Å². The van der Waals surface area contributed by atoms with Crippen molar-refractivity contribution in [3.63, 3.8) is 0 Å². The van der Waals surface area contributed by atoms with E-state index in [0.717, 1.165) is 55.6 Å². The Morgan fingerprint density at radius 3 is 2.20 bits per heavy atom. The normalized spacial score (nSPS) is 11.2. The molecule has 0 aliphatic carbocycles. The molecule has 5 heteroatoms. The van der Waals surface area contributed by atoms with Gasteiger partial charge in [-0.25, -0.2) is 0 Å². The quantitative estimate of drug-likeness (QED) is 0.129. The molecule has 0 aliphatic heterocycles. The minimum Gasteiger partial charge on any atom is -0.476 e. The van der Waals surface area contributed by atoms with Crippen LogP contribution in [-0.4, -0.2) is 18.0 Å². The third kappa shape index (κ3) is 7.23. The van der Waals surface area contributed by atoms with Gasteiger partial charge in [0.15, 0.2) is 0 Å². The van der Waals surface area contributed by atoms with E-state index in [1.165, 1.54) is 10.8 Å². The van der Waals surface area contributed by atoms with Gasteiger partial charge < -0.3 is 14.4 Å². The fourth-order valence-electron chi connectivity index (χ4n) is 5.23. The Morgan fingerprint density at radius 1 is 0.711 bits per heavy atom. The SMILES string of the molecule is CC(C)c1ccnc(-c2[c-]cc3c(c2)oc2c(-c4ccccc4)cccc23)c1.C[Si](C)(C)c1ccc(-c2[c-]cccc2)nc1.[Ir]. The molecular weight excluding hydrogens is 745 g/mol. The maximum atomic E-state index is 6.33. The van der Waals surface area contributed by atoms with Crippen molar-refractivity contribution in [2.75, 3.05) is 0 Å². The summed E-state index contributed by atoms with van der Waals surface area (Å²) in [5, 5.41) is 3.59. The number of furan rings is 1. The van der Waals surface area contributed by atoms with Gasteiger partial charge in [0.1, 0.15) is 5.58 Å². The Bertz CT molecular complexity index is 2010. The number of nitrogens with zero attached hydrogens (tertiary/aromatic N) is 2. The van der Waals surface area contributed by atoms with Crippen LogP contribution in [0.2, 0.25) is 19.6 Å². The zero-order valence-corrected chi connectivity index (χ0v) is 29.7. The summed E-state index contributed by atoms with van der Waals surface area (Å²) in [5.41, 5.74) is 9.26. The summed E-state index contributed by atoms with van der Waals surface area (Å²) in [6, 6.07) is 43.8. The van der Waals surface area contributed by atoms with E-state index in [0.29, 0.717) is 5.92 Å². The van der Waals surface area contributed by atoms with Gasteiger partial charge in [0.25, 0.3) is 0 Å². The van der Waals surface area contributed by atoms with Gasteiger partial charge in [-0.1, -0.05) is 117 Å². The second-order valence-corrected chi connectivity index (χ2v) is 17.4. The van der Waals surface area contributed by atoms with Crippen LogP contribution in [0.5, 0.6) is 0 Å². The molecule has 0 aliphatic rings. The molecule has 0 atom stereocenters. The molecule has 0 saturated carbocycles. The number of rotatable bonds is 5. The number of benzene rings is 4. The number of pyridine rings is 2. The van der Waals surface area contributed by atoms with Crippen LogP contribution < -0.4 is 5.19 Å². The minimum atomic E-state index is -1.23. The van der Waals surface area contributed by atoms with Gasteiger partial charge >= 0.3 is 0 Å². The van der Waals surface area contributed by atoms with E-state index < -0.39 is 8.07 Å². The van der Waals surface area contributed by atoms with Crippen LogP contribution in [0.4, 0.5) is 0 Å². The standard InChI is InChI=1S/C26H20NO.C14H16NSi.Ir/c1-17(2)19-13-14-27-24(15-19)20-11-12-22-23-10-6-9-21(18-7-4-3-5-8-18)26(23)28-25(22)16-20;1-16(2,3)13-9-10-14(15-11-13)12-7-5-4-6-8-12;/h3-10,12-17H,1-2H3;4-7,9-11H,1-3H3;/q2*-1;. The van der Waals surface area contributed by atoms with Gasteiger partial charge in [-0.05, 0) is 39.5 Å². The molecule has 0 saturated heterocycles. The second kappa shape index (κ2) is 13.9. The molecule has 7 aromatic rings. The average molecular weight is 781 g/mol. The molecule has 1 radical (unpaired) electrons. The Balaban J connectivity index is 0.000000202. The summed E-state index contributed by atoms with van der Waals surface area (Å²) < 4.78 is 6.33. The van der Waals surface area contributed by atoms with Crippen LogP contribution in [-0.2, 0) is 20.1 Å². The Labute approximate surface area is 280 Å². The first-order valence-electron chi connectivity index (χ1n) is 15.1. The molecule has 0 N–H and O–H groups in total. The van der Waals surface area contributed by atoms with Crippen molar-refractivity contribution in [2.24, 2.45) is 0 Å². The predicted molar refractivity (Wildman–Crippen MR) is 187 cm³/mol. The second-order valence-electron chi connectivity index (χ2n) is 12.4. The summed E-state index contributed by atoms with van der Waals surface area (Å²) in [6.45, 7) is 11.4. The van der Waals surface area contributed by atoms with Crippen molar-refractivity contribution in [2.45, 2.75) is 39.4 Å². The maximum Gasteiger partial charge on any atom is 0.131 e. The van der Waals surface area contributed by atoms with E-state index in [4.69, 9.17) is 4.42 Å². The van der Waals surface area contributed by atoms with Crippen molar-refractivity contribution < 1.29 is 24.5 Å². The summed E-state index contributed by atoms with van der Waals surface area (Å²) in [4.78, 5) is 9.06. The van der Waals surface area contributed by atoms with E-state index in [1.54, 1.807) is 0 Å². The molecule has 3 nitrogen and oxygen atoms in total. The summed E-state index contributed by atoms with van der Waals surface area (Å²) >= 11 is 0. The van der Waals surface area contributed by atoms with Crippen molar-refractivity contribution in [1.82, 2.24) is 9.97 Å². The summed E-state index contributed by atoms with van der Waals surface area (Å²) in [5.74, 6) is 0.463. The molecule has 0 unspecified atom stereocenters. The number of hydrogen-bond donors (Lipinski definition) is 0. The predicted octanol–water partition coefficient (Wildman–Crippen LogP) is 10.3. The molecular formula is C40H36IrN2OSi-2. The summed E-state index contributed by atoms with van der Waals surface area (Å²) in [7, 11) is -1.23. The average Bonchev–Trinajstić information content (AvgIpc) is 3.44. The Hall–Kier alpha value is -4.15. The number of para-hydroxylation sites is 1. The van der Waals surface area contributed by atoms with E-state index in [9.17, 15) is 0 Å². The van der Waals surface area contributed by atoms with E-state index in [2.05, 4.69) is 128 Å². The van der Waals surface area contributed by atoms with Crippen molar-refractivity contribution in [3.05, 3.63) is 139 Å². The molecule has 3 heterocycles. The Kier molecular flexibility index (Phi) is 9.94. The van der Waals surface area contributed by atoms with E-state index in [-0.39, 0.29) is 20.1 Å². The van der Waals surface area contributed by atoms with Crippen molar-refractivity contribution >= 4 is 35.2 Å². The topological polar surface area (TPSA) is 38.9 Å². The molecule has 45 heavy (non-hydrogen) atoms. The van der Waals surface area contributed by atoms with Crippen molar-refractivity contribution in [1.29, 1.82) is 0 Å². The first-order chi connectivity index (χ1) is 21.3. The fraction of sp³-hybridized carbons (Fsp3) is 0.150. The molecule has 7 rings (SSSR count). The third-order valence-corrected chi connectivity index (χ3v) is 9.88. The van der Waals surface area contributed by atoms with Gasteiger partial charge in [-0.3, -0.25) is 0 Å². The zero-order valence-electron chi connectivity index (χ0n) is 26.3. The molecule has 0 amide bonds. The van der Waals surface area contributed by atoms with Gasteiger partial charge in [0.05, 0.1) is 13.7 Å². The largest absolute Gasteiger partial charge is 0.476 e. The molecule has 227 valence electrons. The van der Waals surface area contributed by atoms with Crippen molar-refractivity contribution in [3.8, 4) is 33.6 Å². The minimum absolute atomic E-state index is 0. The van der Waals surface area contributed by atoms with Crippen LogP contribution in [0.1, 0.15) is 25.3 Å². The summed E-state index contributed by atoms with van der Waals surface area (Å²) in [6.07, 6.45) is 3.89. The van der Waals surface area contributed by atoms with Crippen LogP contribution in [0.25, 0.3) is 55.6 Å². The van der Waals surface area contributed by atoms with Gasteiger partial charge in [0.2, 0.25) is 0 Å². The van der Waals surface area contributed by atoms with Crippen LogP contribution in [0.15, 0.2) is 126 Å². The first kappa shape index (κ1) is 32.2. The number of hydrogen-bond acceptors (Lipinski definition) is 3. The number of fused-ring (bicyclic) bond motifs is 3. The molecule has 0 bridgehead atoms. The molecule has 0 fully saturated rings. The van der Waals surface area contributed by atoms with Gasteiger partial charge in [-0.2, -0.15) is 0 Å². The molecule has 0 spiro atoms. The van der Waals surface area contributed by atoms with Crippen LogP contribution >= 0.6 is 0 Å². The number of aromatic nitrogens is 2. The van der Waals surface area contributed by atoms with Gasteiger partial charge in [0, 0.05) is 38.1 Å². The molecule has 3 aromatic heterocycles. The Morgan fingerprint density at radius 2 is 1.51 bits per heavy atom. The maximum absolute atomic E-state index is 6.33. The van der Waals surface area contributed by atoms with E-state index >= 15 is 0 Å². The van der Waals surface area contributed by atoms with Crippen LogP contribution in [0, 0.1) is 12.1 Å². The zero-order chi connectivity index (χ0) is 30.7. The molecule has 4 aromatic carbocycles. The fourth-order valence-corrected chi connectivity index (χ4v) is 6.27. The monoisotopic (exact) mass is 781 g/mol. The third-order valence-electron chi connectivity index (χ3n) is 7.86.